The van der Waals surface area contributed by atoms with Crippen LogP contribution in [0, 0.1) is 30.9 Å². The zero-order valence-electron chi connectivity index (χ0n) is 11.6. The van der Waals surface area contributed by atoms with E-state index in [2.05, 4.69) is 0 Å². The lowest BCUT2D eigenvalue weighted by Gasteiger charge is -2.10. The van der Waals surface area contributed by atoms with Crippen LogP contribution in [0.1, 0.15) is 33.6 Å². The number of rotatable bonds is 4. The number of aryl methyl sites for hydroxylation is 2. The summed E-state index contributed by atoms with van der Waals surface area (Å²) in [5.74, 6) is 1.72. The van der Waals surface area contributed by atoms with Crippen molar-refractivity contribution < 1.29 is 9.34 Å². The van der Waals surface area contributed by atoms with Gasteiger partial charge in [0, 0.05) is 17.7 Å². The summed E-state index contributed by atoms with van der Waals surface area (Å²) in [6.07, 6.45) is 0.611. The first-order valence-electron chi connectivity index (χ1n) is 6.34. The van der Waals surface area contributed by atoms with E-state index in [1.807, 2.05) is 20.8 Å². The van der Waals surface area contributed by atoms with Crippen LogP contribution in [0.5, 0.6) is 0 Å². The first kappa shape index (κ1) is 14.6. The molecule has 0 radical (unpaired) electrons. The van der Waals surface area contributed by atoms with Crippen molar-refractivity contribution in [2.24, 2.45) is 0 Å². The normalized spacial score (nSPS) is 12.4. The molecule has 20 heavy (non-hydrogen) atoms. The fraction of sp³-hybridized carbons (Fsp3) is 0.333. The van der Waals surface area contributed by atoms with Crippen molar-refractivity contribution in [1.29, 1.82) is 0 Å². The van der Waals surface area contributed by atoms with Crippen molar-refractivity contribution in [3.05, 3.63) is 62.6 Å². The highest BCUT2D eigenvalue weighted by Crippen LogP contribution is 2.33. The van der Waals surface area contributed by atoms with E-state index in [1.54, 1.807) is 12.1 Å². The monoisotopic (exact) mass is 293 g/mol. The molecule has 0 fully saturated rings. The van der Waals surface area contributed by atoms with Gasteiger partial charge >= 0.3 is 0 Å². The maximum Gasteiger partial charge on any atom is 0.269 e. The lowest BCUT2D eigenvalue weighted by Crippen LogP contribution is -1.99. The molecule has 2 rings (SSSR count). The third kappa shape index (κ3) is 2.85. The Morgan fingerprint density at radius 2 is 1.80 bits per heavy atom. The average molecular weight is 294 g/mol. The predicted octanol–water partition coefficient (Wildman–Crippen LogP) is 4.64. The topological polar surface area (TPSA) is 56.3 Å². The second kappa shape index (κ2) is 5.67. The SMILES string of the molecule is Cc1oc(C)c(C(Cl)Cc2ccc([N+](=O)[O-])cc2)c1C. The maximum atomic E-state index is 10.6. The quantitative estimate of drug-likeness (QED) is 0.469. The van der Waals surface area contributed by atoms with Crippen LogP contribution in [0.25, 0.3) is 0 Å². The zero-order valence-corrected chi connectivity index (χ0v) is 12.4. The minimum absolute atomic E-state index is 0.0892. The number of nitro benzene ring substituents is 1. The summed E-state index contributed by atoms with van der Waals surface area (Å²) in [5.41, 5.74) is 3.14. The van der Waals surface area contributed by atoms with E-state index in [1.165, 1.54) is 12.1 Å². The van der Waals surface area contributed by atoms with Crippen molar-refractivity contribution >= 4 is 17.3 Å². The lowest BCUT2D eigenvalue weighted by molar-refractivity contribution is -0.384. The van der Waals surface area contributed by atoms with Gasteiger partial charge < -0.3 is 4.42 Å². The molecule has 0 spiro atoms. The predicted molar refractivity (Wildman–Crippen MR) is 78.3 cm³/mol. The van der Waals surface area contributed by atoms with Gasteiger partial charge in [0.15, 0.2) is 0 Å². The molecule has 106 valence electrons. The molecule has 0 saturated carbocycles. The number of hydrogen-bond donors (Lipinski definition) is 0. The van der Waals surface area contributed by atoms with Gasteiger partial charge in [0.2, 0.25) is 0 Å². The molecule has 0 aliphatic carbocycles. The van der Waals surface area contributed by atoms with Crippen LogP contribution in [-0.2, 0) is 6.42 Å². The van der Waals surface area contributed by atoms with Crippen LogP contribution in [0.2, 0.25) is 0 Å². The van der Waals surface area contributed by atoms with Crippen LogP contribution >= 0.6 is 11.6 Å². The number of furan rings is 1. The lowest BCUT2D eigenvalue weighted by atomic mass is 10.0. The molecule has 0 saturated heterocycles. The number of nitro groups is 1. The Bertz CT molecular complexity index is 631. The van der Waals surface area contributed by atoms with E-state index in [0.717, 1.165) is 28.2 Å². The number of nitrogens with zero attached hydrogens (tertiary/aromatic N) is 1. The van der Waals surface area contributed by atoms with Crippen molar-refractivity contribution in [3.63, 3.8) is 0 Å². The van der Waals surface area contributed by atoms with Gasteiger partial charge in [-0.15, -0.1) is 11.6 Å². The van der Waals surface area contributed by atoms with E-state index in [-0.39, 0.29) is 11.1 Å². The summed E-state index contributed by atoms with van der Waals surface area (Å²) in [4.78, 5) is 10.2. The van der Waals surface area contributed by atoms with Gasteiger partial charge in [-0.3, -0.25) is 10.1 Å². The van der Waals surface area contributed by atoms with Crippen LogP contribution in [0.4, 0.5) is 5.69 Å². The highest BCUT2D eigenvalue weighted by molar-refractivity contribution is 6.21. The van der Waals surface area contributed by atoms with Crippen LogP contribution in [0.3, 0.4) is 0 Å². The number of halogens is 1. The Morgan fingerprint density at radius 3 is 2.25 bits per heavy atom. The third-order valence-electron chi connectivity index (χ3n) is 3.49. The molecule has 1 atom stereocenters. The van der Waals surface area contributed by atoms with E-state index in [0.29, 0.717) is 6.42 Å². The smallest absolute Gasteiger partial charge is 0.269 e. The molecule has 0 N–H and O–H groups in total. The molecule has 1 heterocycles. The molecular formula is C15H16ClNO3. The second-order valence-corrected chi connectivity index (χ2v) is 5.38. The van der Waals surface area contributed by atoms with Crippen LogP contribution in [-0.4, -0.2) is 4.92 Å². The van der Waals surface area contributed by atoms with Gasteiger partial charge in [0.25, 0.3) is 5.69 Å². The Labute approximate surface area is 122 Å². The third-order valence-corrected chi connectivity index (χ3v) is 3.87. The first-order valence-corrected chi connectivity index (χ1v) is 6.77. The zero-order chi connectivity index (χ0) is 14.9. The van der Waals surface area contributed by atoms with Gasteiger partial charge in [-0.05, 0) is 38.3 Å². The molecule has 1 unspecified atom stereocenters. The number of hydrogen-bond acceptors (Lipinski definition) is 3. The summed E-state index contributed by atoms with van der Waals surface area (Å²) in [6.45, 7) is 5.81. The van der Waals surface area contributed by atoms with Crippen molar-refractivity contribution in [3.8, 4) is 0 Å². The standard InChI is InChI=1S/C15H16ClNO3/c1-9-10(2)20-11(3)15(9)14(16)8-12-4-6-13(7-5-12)17(18)19/h4-7,14H,8H2,1-3H3. The van der Waals surface area contributed by atoms with Crippen molar-refractivity contribution in [2.45, 2.75) is 32.6 Å². The Kier molecular flexibility index (Phi) is 4.14. The molecule has 0 bridgehead atoms. The molecular weight excluding hydrogens is 278 g/mol. The summed E-state index contributed by atoms with van der Waals surface area (Å²) >= 11 is 6.47. The van der Waals surface area contributed by atoms with Crippen molar-refractivity contribution in [1.82, 2.24) is 0 Å². The number of benzene rings is 1. The van der Waals surface area contributed by atoms with E-state index in [4.69, 9.17) is 16.0 Å². The summed E-state index contributed by atoms with van der Waals surface area (Å²) in [7, 11) is 0. The minimum atomic E-state index is -0.407. The molecule has 1 aromatic heterocycles. The van der Waals surface area contributed by atoms with E-state index in [9.17, 15) is 10.1 Å². The van der Waals surface area contributed by atoms with Gasteiger partial charge in [-0.2, -0.15) is 0 Å². The second-order valence-electron chi connectivity index (χ2n) is 4.85. The van der Waals surface area contributed by atoms with Gasteiger partial charge in [-0.25, -0.2) is 0 Å². The Morgan fingerprint density at radius 1 is 1.20 bits per heavy atom. The van der Waals surface area contributed by atoms with Gasteiger partial charge in [0.1, 0.15) is 11.5 Å². The average Bonchev–Trinajstić information content (AvgIpc) is 2.63. The summed E-state index contributed by atoms with van der Waals surface area (Å²) < 4.78 is 5.58. The van der Waals surface area contributed by atoms with Gasteiger partial charge in [0.05, 0.1) is 10.3 Å². The van der Waals surface area contributed by atoms with E-state index >= 15 is 0 Å². The Hall–Kier alpha value is -1.81. The Balaban J connectivity index is 2.19. The minimum Gasteiger partial charge on any atom is -0.466 e. The molecule has 1 aromatic carbocycles. The highest BCUT2D eigenvalue weighted by Gasteiger charge is 2.19. The summed E-state index contributed by atoms with van der Waals surface area (Å²) in [6, 6.07) is 6.48. The van der Waals surface area contributed by atoms with Crippen molar-refractivity contribution in [2.75, 3.05) is 0 Å². The maximum absolute atomic E-state index is 10.6. The molecule has 5 heteroatoms. The highest BCUT2D eigenvalue weighted by atomic mass is 35.5. The molecule has 0 amide bonds. The molecule has 0 aliphatic rings. The van der Waals surface area contributed by atoms with Gasteiger partial charge in [-0.1, -0.05) is 12.1 Å². The molecule has 4 nitrogen and oxygen atoms in total. The number of alkyl halides is 1. The van der Waals surface area contributed by atoms with Crippen LogP contribution < -0.4 is 0 Å². The first-order chi connectivity index (χ1) is 9.40. The fourth-order valence-corrected chi connectivity index (χ4v) is 2.83. The van der Waals surface area contributed by atoms with Crippen LogP contribution in [0.15, 0.2) is 28.7 Å². The molecule has 2 aromatic rings. The molecule has 0 aliphatic heterocycles. The van der Waals surface area contributed by atoms with E-state index < -0.39 is 4.92 Å². The fourth-order valence-electron chi connectivity index (χ4n) is 2.33. The number of non-ortho nitro benzene ring substituents is 1. The summed E-state index contributed by atoms with van der Waals surface area (Å²) in [5, 5.41) is 10.4. The largest absolute Gasteiger partial charge is 0.466 e.